The molecule has 0 aliphatic carbocycles. The van der Waals surface area contributed by atoms with E-state index in [2.05, 4.69) is 50.4 Å². The highest BCUT2D eigenvalue weighted by Gasteiger charge is 2.06. The van der Waals surface area contributed by atoms with Crippen molar-refractivity contribution in [2.24, 2.45) is 5.92 Å². The van der Waals surface area contributed by atoms with Crippen LogP contribution in [0, 0.1) is 5.92 Å². The number of benzene rings is 1. The summed E-state index contributed by atoms with van der Waals surface area (Å²) < 4.78 is 4.91. The molecule has 1 aromatic rings. The van der Waals surface area contributed by atoms with Gasteiger partial charge in [0.25, 0.3) is 0 Å². The van der Waals surface area contributed by atoms with E-state index >= 15 is 0 Å². The van der Waals surface area contributed by atoms with Gasteiger partial charge in [-0.05, 0) is 50.3 Å². The van der Waals surface area contributed by atoms with Gasteiger partial charge in [-0.25, -0.2) is 0 Å². The fourth-order valence-electron chi connectivity index (χ4n) is 2.32. The van der Waals surface area contributed by atoms with Crippen molar-refractivity contribution in [3.63, 3.8) is 0 Å². The van der Waals surface area contributed by atoms with E-state index in [1.54, 1.807) is 0 Å². The van der Waals surface area contributed by atoms with Crippen molar-refractivity contribution in [3.05, 3.63) is 35.4 Å². The van der Waals surface area contributed by atoms with E-state index in [1.165, 1.54) is 11.1 Å². The van der Waals surface area contributed by atoms with Gasteiger partial charge in [0.1, 0.15) is 0 Å². The standard InChI is InChI=1S/C18H29NO2/c1-5-21-18(20)7-6-12-19-15(4)17-10-8-16(9-11-17)13-14(2)3/h8-11,14-15,19H,5-7,12-13H2,1-4H3. The van der Waals surface area contributed by atoms with Crippen molar-refractivity contribution < 1.29 is 9.53 Å². The second kappa shape index (κ2) is 9.56. The Labute approximate surface area is 129 Å². The Morgan fingerprint density at radius 2 is 1.86 bits per heavy atom. The van der Waals surface area contributed by atoms with Gasteiger partial charge >= 0.3 is 5.97 Å². The van der Waals surface area contributed by atoms with Gasteiger partial charge in [-0.2, -0.15) is 0 Å². The van der Waals surface area contributed by atoms with Crippen molar-refractivity contribution in [1.82, 2.24) is 5.32 Å². The predicted molar refractivity (Wildman–Crippen MR) is 87.3 cm³/mol. The molecule has 1 atom stereocenters. The summed E-state index contributed by atoms with van der Waals surface area (Å²) in [7, 11) is 0. The third kappa shape index (κ3) is 7.28. The first-order chi connectivity index (χ1) is 10.0. The molecule has 0 saturated carbocycles. The normalized spacial score (nSPS) is 12.4. The highest BCUT2D eigenvalue weighted by atomic mass is 16.5. The van der Waals surface area contributed by atoms with Gasteiger partial charge in [0.2, 0.25) is 0 Å². The lowest BCUT2D eigenvalue weighted by Crippen LogP contribution is -2.20. The number of carbonyl (C=O) groups is 1. The SMILES string of the molecule is CCOC(=O)CCCNC(C)c1ccc(CC(C)C)cc1. The average molecular weight is 291 g/mol. The third-order valence-electron chi connectivity index (χ3n) is 3.44. The molecule has 118 valence electrons. The number of hydrogen-bond donors (Lipinski definition) is 1. The Morgan fingerprint density at radius 3 is 2.43 bits per heavy atom. The van der Waals surface area contributed by atoms with Crippen LogP contribution in [0.5, 0.6) is 0 Å². The molecule has 1 N–H and O–H groups in total. The number of ether oxygens (including phenoxy) is 1. The van der Waals surface area contributed by atoms with E-state index in [0.717, 1.165) is 19.4 Å². The molecule has 0 spiro atoms. The summed E-state index contributed by atoms with van der Waals surface area (Å²) >= 11 is 0. The molecule has 0 aromatic heterocycles. The van der Waals surface area contributed by atoms with Gasteiger partial charge in [-0.1, -0.05) is 38.1 Å². The molecule has 3 heteroatoms. The molecule has 0 saturated heterocycles. The predicted octanol–water partition coefficient (Wildman–Crippen LogP) is 3.88. The van der Waals surface area contributed by atoms with Gasteiger partial charge in [0.05, 0.1) is 6.61 Å². The number of hydrogen-bond acceptors (Lipinski definition) is 3. The Hall–Kier alpha value is -1.35. The van der Waals surface area contributed by atoms with Gasteiger partial charge in [0, 0.05) is 12.5 Å². The molecule has 0 amide bonds. The van der Waals surface area contributed by atoms with Gasteiger partial charge in [0.15, 0.2) is 0 Å². The minimum absolute atomic E-state index is 0.106. The summed E-state index contributed by atoms with van der Waals surface area (Å²) in [6.45, 7) is 9.76. The van der Waals surface area contributed by atoms with Crippen molar-refractivity contribution >= 4 is 5.97 Å². The second-order valence-electron chi connectivity index (χ2n) is 5.92. The largest absolute Gasteiger partial charge is 0.466 e. The third-order valence-corrected chi connectivity index (χ3v) is 3.44. The van der Waals surface area contributed by atoms with E-state index in [4.69, 9.17) is 4.74 Å². The maximum absolute atomic E-state index is 11.2. The molecular formula is C18H29NO2. The van der Waals surface area contributed by atoms with E-state index in [9.17, 15) is 4.79 Å². The van der Waals surface area contributed by atoms with Crippen molar-refractivity contribution in [2.75, 3.05) is 13.2 Å². The fourth-order valence-corrected chi connectivity index (χ4v) is 2.32. The maximum Gasteiger partial charge on any atom is 0.305 e. The lowest BCUT2D eigenvalue weighted by Gasteiger charge is -2.15. The van der Waals surface area contributed by atoms with Crippen LogP contribution in [0.4, 0.5) is 0 Å². The highest BCUT2D eigenvalue weighted by Crippen LogP contribution is 2.15. The van der Waals surface area contributed by atoms with Gasteiger partial charge in [-0.3, -0.25) is 4.79 Å². The van der Waals surface area contributed by atoms with E-state index in [1.807, 2.05) is 6.92 Å². The van der Waals surface area contributed by atoms with Crippen LogP contribution in [-0.4, -0.2) is 19.1 Å². The van der Waals surface area contributed by atoms with Crippen LogP contribution < -0.4 is 5.32 Å². The fraction of sp³-hybridized carbons (Fsp3) is 0.611. The Kier molecular flexibility index (Phi) is 8.06. The summed E-state index contributed by atoms with van der Waals surface area (Å²) in [5.41, 5.74) is 2.68. The van der Waals surface area contributed by atoms with Gasteiger partial charge < -0.3 is 10.1 Å². The van der Waals surface area contributed by atoms with Gasteiger partial charge in [-0.15, -0.1) is 0 Å². The topological polar surface area (TPSA) is 38.3 Å². The Bertz CT molecular complexity index is 412. The summed E-state index contributed by atoms with van der Waals surface area (Å²) in [4.78, 5) is 11.2. The van der Waals surface area contributed by atoms with Crippen molar-refractivity contribution in [1.29, 1.82) is 0 Å². The zero-order valence-corrected chi connectivity index (χ0v) is 13.8. The van der Waals surface area contributed by atoms with Crippen molar-refractivity contribution in [2.45, 2.75) is 53.0 Å². The first-order valence-electron chi connectivity index (χ1n) is 8.00. The first kappa shape index (κ1) is 17.7. The second-order valence-corrected chi connectivity index (χ2v) is 5.92. The van der Waals surface area contributed by atoms with E-state index < -0.39 is 0 Å². The maximum atomic E-state index is 11.2. The summed E-state index contributed by atoms with van der Waals surface area (Å²) in [5.74, 6) is 0.583. The molecule has 1 aromatic carbocycles. The molecule has 0 heterocycles. The highest BCUT2D eigenvalue weighted by molar-refractivity contribution is 5.69. The number of nitrogens with one attached hydrogen (secondary N) is 1. The molecule has 0 fully saturated rings. The number of carbonyl (C=O) groups excluding carboxylic acids is 1. The Balaban J connectivity index is 2.31. The van der Waals surface area contributed by atoms with Crippen LogP contribution in [0.25, 0.3) is 0 Å². The molecule has 1 rings (SSSR count). The molecule has 21 heavy (non-hydrogen) atoms. The van der Waals surface area contributed by atoms with Crippen LogP contribution in [0.15, 0.2) is 24.3 Å². The lowest BCUT2D eigenvalue weighted by molar-refractivity contribution is -0.143. The minimum atomic E-state index is -0.106. The molecule has 0 aliphatic rings. The first-order valence-corrected chi connectivity index (χ1v) is 8.00. The van der Waals surface area contributed by atoms with E-state index in [0.29, 0.717) is 25.0 Å². The quantitative estimate of drug-likeness (QED) is 0.554. The summed E-state index contributed by atoms with van der Waals surface area (Å²) in [6.07, 6.45) is 2.43. The van der Waals surface area contributed by atoms with Crippen LogP contribution in [0.2, 0.25) is 0 Å². The number of rotatable bonds is 9. The molecule has 3 nitrogen and oxygen atoms in total. The minimum Gasteiger partial charge on any atom is -0.466 e. The van der Waals surface area contributed by atoms with Crippen molar-refractivity contribution in [3.8, 4) is 0 Å². The molecule has 1 unspecified atom stereocenters. The molecule has 0 bridgehead atoms. The molecular weight excluding hydrogens is 262 g/mol. The zero-order valence-electron chi connectivity index (χ0n) is 13.8. The zero-order chi connectivity index (χ0) is 15.7. The summed E-state index contributed by atoms with van der Waals surface area (Å²) in [6, 6.07) is 9.12. The molecule has 0 aliphatic heterocycles. The lowest BCUT2D eigenvalue weighted by atomic mass is 10.00. The van der Waals surface area contributed by atoms with Crippen LogP contribution in [0.1, 0.15) is 57.7 Å². The monoisotopic (exact) mass is 291 g/mol. The summed E-state index contributed by atoms with van der Waals surface area (Å²) in [5, 5.41) is 3.45. The molecule has 0 radical (unpaired) electrons. The number of esters is 1. The smallest absolute Gasteiger partial charge is 0.305 e. The van der Waals surface area contributed by atoms with Crippen LogP contribution in [-0.2, 0) is 16.0 Å². The average Bonchev–Trinajstić information content (AvgIpc) is 2.44. The Morgan fingerprint density at radius 1 is 1.19 bits per heavy atom. The van der Waals surface area contributed by atoms with E-state index in [-0.39, 0.29) is 5.97 Å². The van der Waals surface area contributed by atoms with Crippen LogP contribution >= 0.6 is 0 Å². The van der Waals surface area contributed by atoms with Crippen LogP contribution in [0.3, 0.4) is 0 Å².